The minimum atomic E-state index is 0.123. The zero-order valence-corrected chi connectivity index (χ0v) is 12.9. The van der Waals surface area contributed by atoms with Crippen LogP contribution < -0.4 is 0 Å². The molecule has 0 saturated carbocycles. The molecule has 1 heterocycles. The summed E-state index contributed by atoms with van der Waals surface area (Å²) in [6.45, 7) is 3.98. The molecule has 0 N–H and O–H groups in total. The summed E-state index contributed by atoms with van der Waals surface area (Å²) < 4.78 is 0. The molecule has 0 aliphatic rings. The highest BCUT2D eigenvalue weighted by atomic mass is 32.1. The number of hydrogen-bond donors (Lipinski definition) is 0. The molecule has 0 saturated heterocycles. The molecule has 2 aromatic carbocycles. The molecule has 0 unspecified atom stereocenters. The van der Waals surface area contributed by atoms with Crippen molar-refractivity contribution in [3.63, 3.8) is 0 Å². The molecule has 1 nitrogen and oxygen atoms in total. The highest BCUT2D eigenvalue weighted by Gasteiger charge is 2.16. The van der Waals surface area contributed by atoms with Crippen LogP contribution in [0.5, 0.6) is 0 Å². The highest BCUT2D eigenvalue weighted by molar-refractivity contribution is 7.17. The quantitative estimate of drug-likeness (QED) is 0.601. The van der Waals surface area contributed by atoms with Crippen molar-refractivity contribution in [2.45, 2.75) is 13.8 Å². The second kappa shape index (κ2) is 5.66. The maximum Gasteiger partial charge on any atom is 0.203 e. The lowest BCUT2D eigenvalue weighted by atomic mass is 9.98. The Hall–Kier alpha value is -2.19. The number of carbonyl (C=O) groups excluding carboxylic acids is 1. The number of ketones is 1. The van der Waals surface area contributed by atoms with Crippen molar-refractivity contribution in [1.29, 1.82) is 0 Å². The summed E-state index contributed by atoms with van der Waals surface area (Å²) in [5.74, 6) is 0.123. The fraction of sp³-hybridized carbons (Fsp3) is 0.105. The zero-order valence-electron chi connectivity index (χ0n) is 12.1. The fourth-order valence-electron chi connectivity index (χ4n) is 2.51. The molecule has 3 aromatic rings. The van der Waals surface area contributed by atoms with E-state index in [1.807, 2.05) is 62.4 Å². The van der Waals surface area contributed by atoms with Crippen molar-refractivity contribution in [2.75, 3.05) is 0 Å². The molecule has 0 aliphatic carbocycles. The van der Waals surface area contributed by atoms with E-state index in [4.69, 9.17) is 0 Å². The lowest BCUT2D eigenvalue weighted by Crippen LogP contribution is -2.04. The van der Waals surface area contributed by atoms with E-state index >= 15 is 0 Å². The van der Waals surface area contributed by atoms with Gasteiger partial charge in [0.05, 0.1) is 4.88 Å². The van der Waals surface area contributed by atoms with Crippen molar-refractivity contribution in [2.24, 2.45) is 0 Å². The van der Waals surface area contributed by atoms with Gasteiger partial charge in [0.2, 0.25) is 5.78 Å². The van der Waals surface area contributed by atoms with Crippen LogP contribution >= 0.6 is 11.3 Å². The summed E-state index contributed by atoms with van der Waals surface area (Å²) >= 11 is 1.56. The van der Waals surface area contributed by atoms with Gasteiger partial charge in [-0.25, -0.2) is 0 Å². The number of carbonyl (C=O) groups is 1. The van der Waals surface area contributed by atoms with Crippen LogP contribution in [0.3, 0.4) is 0 Å². The van der Waals surface area contributed by atoms with Gasteiger partial charge in [0.25, 0.3) is 0 Å². The second-order valence-corrected chi connectivity index (χ2v) is 6.21. The van der Waals surface area contributed by atoms with Crippen LogP contribution in [0.15, 0.2) is 60.7 Å². The molecule has 104 valence electrons. The van der Waals surface area contributed by atoms with Gasteiger partial charge in [0, 0.05) is 10.4 Å². The smallest absolute Gasteiger partial charge is 0.203 e. The van der Waals surface area contributed by atoms with Gasteiger partial charge in [0.15, 0.2) is 0 Å². The first kappa shape index (κ1) is 13.8. The molecular formula is C19H16OS. The van der Waals surface area contributed by atoms with Gasteiger partial charge in [-0.1, -0.05) is 48.5 Å². The van der Waals surface area contributed by atoms with E-state index in [1.54, 1.807) is 11.3 Å². The van der Waals surface area contributed by atoms with Crippen molar-refractivity contribution in [3.8, 4) is 10.4 Å². The molecule has 21 heavy (non-hydrogen) atoms. The van der Waals surface area contributed by atoms with E-state index in [2.05, 4.69) is 12.1 Å². The molecular weight excluding hydrogens is 276 g/mol. The van der Waals surface area contributed by atoms with Crippen LogP contribution in [0.1, 0.15) is 26.4 Å². The molecule has 0 radical (unpaired) electrons. The van der Waals surface area contributed by atoms with Crippen LogP contribution in [-0.4, -0.2) is 5.78 Å². The predicted molar refractivity (Wildman–Crippen MR) is 89.1 cm³/mol. The minimum Gasteiger partial charge on any atom is -0.288 e. The summed E-state index contributed by atoms with van der Waals surface area (Å²) in [4.78, 5) is 14.7. The van der Waals surface area contributed by atoms with Gasteiger partial charge in [-0.15, -0.1) is 11.3 Å². The Labute approximate surface area is 128 Å². The van der Waals surface area contributed by atoms with Crippen LogP contribution in [0.2, 0.25) is 0 Å². The number of thiophene rings is 1. The average Bonchev–Trinajstić information content (AvgIpc) is 2.97. The SMILES string of the molecule is Cc1cccc(C)c1C(=O)c1ccc(-c2ccccc2)s1. The minimum absolute atomic E-state index is 0.123. The third kappa shape index (κ3) is 2.67. The van der Waals surface area contributed by atoms with E-state index < -0.39 is 0 Å². The lowest BCUT2D eigenvalue weighted by Gasteiger charge is -2.06. The van der Waals surface area contributed by atoms with Crippen molar-refractivity contribution in [1.82, 2.24) is 0 Å². The maximum atomic E-state index is 12.7. The monoisotopic (exact) mass is 292 g/mol. The van der Waals surface area contributed by atoms with E-state index in [0.717, 1.165) is 32.0 Å². The molecule has 0 atom stereocenters. The Morgan fingerprint density at radius 2 is 1.48 bits per heavy atom. The lowest BCUT2D eigenvalue weighted by molar-refractivity contribution is 0.104. The summed E-state index contributed by atoms with van der Waals surface area (Å²) in [7, 11) is 0. The van der Waals surface area contributed by atoms with Crippen molar-refractivity contribution in [3.05, 3.63) is 82.2 Å². The topological polar surface area (TPSA) is 17.1 Å². The van der Waals surface area contributed by atoms with Crippen LogP contribution in [0, 0.1) is 13.8 Å². The van der Waals surface area contributed by atoms with Gasteiger partial charge < -0.3 is 0 Å². The summed E-state index contributed by atoms with van der Waals surface area (Å²) in [6, 6.07) is 20.1. The van der Waals surface area contributed by atoms with Gasteiger partial charge in [-0.05, 0) is 42.7 Å². The number of benzene rings is 2. The van der Waals surface area contributed by atoms with Crippen LogP contribution in [0.4, 0.5) is 0 Å². The van der Waals surface area contributed by atoms with E-state index in [-0.39, 0.29) is 5.78 Å². The normalized spacial score (nSPS) is 10.6. The molecule has 0 amide bonds. The highest BCUT2D eigenvalue weighted by Crippen LogP contribution is 2.30. The first-order chi connectivity index (χ1) is 10.2. The van der Waals surface area contributed by atoms with Crippen molar-refractivity contribution >= 4 is 17.1 Å². The van der Waals surface area contributed by atoms with Crippen molar-refractivity contribution < 1.29 is 4.79 Å². The maximum absolute atomic E-state index is 12.7. The number of rotatable bonds is 3. The van der Waals surface area contributed by atoms with E-state index in [9.17, 15) is 4.79 Å². The predicted octanol–water partition coefficient (Wildman–Crippen LogP) is 5.26. The number of hydrogen-bond acceptors (Lipinski definition) is 2. The molecule has 0 fully saturated rings. The van der Waals surface area contributed by atoms with Crippen LogP contribution in [-0.2, 0) is 0 Å². The summed E-state index contributed by atoms with van der Waals surface area (Å²) in [5, 5.41) is 0. The van der Waals surface area contributed by atoms with Gasteiger partial charge >= 0.3 is 0 Å². The van der Waals surface area contributed by atoms with E-state index in [0.29, 0.717) is 0 Å². The Morgan fingerprint density at radius 3 is 2.14 bits per heavy atom. The summed E-state index contributed by atoms with van der Waals surface area (Å²) in [6.07, 6.45) is 0. The molecule has 3 rings (SSSR count). The van der Waals surface area contributed by atoms with Gasteiger partial charge in [0.1, 0.15) is 0 Å². The fourth-order valence-corrected chi connectivity index (χ4v) is 3.47. The standard InChI is InChI=1S/C19H16OS/c1-13-7-6-8-14(2)18(13)19(20)17-12-11-16(21-17)15-9-4-3-5-10-15/h3-12H,1-2H3. The molecule has 2 heteroatoms. The second-order valence-electron chi connectivity index (χ2n) is 5.13. The van der Waals surface area contributed by atoms with E-state index in [1.165, 1.54) is 0 Å². The Kier molecular flexibility index (Phi) is 3.72. The molecule has 1 aromatic heterocycles. The Balaban J connectivity index is 1.99. The number of aryl methyl sites for hydroxylation is 2. The van der Waals surface area contributed by atoms with Crippen LogP contribution in [0.25, 0.3) is 10.4 Å². The molecule has 0 bridgehead atoms. The Bertz CT molecular complexity index is 764. The average molecular weight is 292 g/mol. The van der Waals surface area contributed by atoms with Gasteiger partial charge in [-0.3, -0.25) is 4.79 Å². The third-order valence-corrected chi connectivity index (χ3v) is 4.73. The third-order valence-electron chi connectivity index (χ3n) is 3.60. The molecule has 0 aliphatic heterocycles. The Morgan fingerprint density at radius 1 is 0.810 bits per heavy atom. The first-order valence-electron chi connectivity index (χ1n) is 6.93. The zero-order chi connectivity index (χ0) is 14.8. The summed E-state index contributed by atoms with van der Waals surface area (Å²) in [5.41, 5.74) is 4.06. The molecule has 0 spiro atoms. The van der Waals surface area contributed by atoms with Gasteiger partial charge in [-0.2, -0.15) is 0 Å². The largest absolute Gasteiger partial charge is 0.288 e. The first-order valence-corrected chi connectivity index (χ1v) is 7.74.